The molecule has 2 bridgehead atoms. The zero-order chi connectivity index (χ0) is 12.8. The Morgan fingerprint density at radius 2 is 2.12 bits per heavy atom. The quantitative estimate of drug-likeness (QED) is 0.420. The van der Waals surface area contributed by atoms with Gasteiger partial charge in [-0.15, -0.1) is 0 Å². The molecular formula is C14H20O3. The second-order valence-corrected chi connectivity index (χ2v) is 5.77. The molecule has 2 heterocycles. The highest BCUT2D eigenvalue weighted by atomic mass is 17.2. The van der Waals surface area contributed by atoms with E-state index in [0.717, 1.165) is 17.6 Å². The van der Waals surface area contributed by atoms with Crippen LogP contribution in [0.25, 0.3) is 0 Å². The maximum atomic E-state index is 11.3. The predicted molar refractivity (Wildman–Crippen MR) is 65.3 cm³/mol. The molecule has 3 rings (SSSR count). The number of carbonyl (C=O) groups is 1. The van der Waals surface area contributed by atoms with Gasteiger partial charge in [-0.25, -0.2) is 9.78 Å². The Hall–Kier alpha value is -0.930. The van der Waals surface area contributed by atoms with Crippen LogP contribution in [-0.4, -0.2) is 17.5 Å². The number of carbonyl (C=O) groups excluding carboxylic acids is 1. The minimum atomic E-state index is -0.590. The van der Waals surface area contributed by atoms with E-state index >= 15 is 0 Å². The van der Waals surface area contributed by atoms with Crippen LogP contribution in [0.5, 0.6) is 0 Å². The average molecular weight is 236 g/mol. The van der Waals surface area contributed by atoms with E-state index in [9.17, 15) is 4.79 Å². The molecule has 0 radical (unpaired) electrons. The Kier molecular flexibility index (Phi) is 2.79. The monoisotopic (exact) mass is 236 g/mol. The van der Waals surface area contributed by atoms with Crippen molar-refractivity contribution >= 4 is 5.78 Å². The molecule has 1 saturated heterocycles. The zero-order valence-electron chi connectivity index (χ0n) is 11.2. The van der Waals surface area contributed by atoms with Crippen LogP contribution < -0.4 is 0 Å². The van der Waals surface area contributed by atoms with Gasteiger partial charge in [-0.05, 0) is 44.4 Å². The molecule has 3 heteroatoms. The third-order valence-electron chi connectivity index (χ3n) is 3.93. The van der Waals surface area contributed by atoms with Crippen molar-refractivity contribution < 1.29 is 14.6 Å². The molecule has 2 atom stereocenters. The number of ketones is 1. The summed E-state index contributed by atoms with van der Waals surface area (Å²) in [6.07, 6.45) is 4.70. The molecule has 2 unspecified atom stereocenters. The number of allylic oxidation sites excluding steroid dienone is 1. The van der Waals surface area contributed by atoms with Crippen LogP contribution in [0.2, 0.25) is 0 Å². The first kappa shape index (κ1) is 12.5. The van der Waals surface area contributed by atoms with Crippen LogP contribution in [0.3, 0.4) is 0 Å². The molecule has 0 aromatic carbocycles. The molecule has 1 fully saturated rings. The minimum absolute atomic E-state index is 0.0387. The molecule has 17 heavy (non-hydrogen) atoms. The largest absolute Gasteiger partial charge is 0.295 e. The lowest BCUT2D eigenvalue weighted by Crippen LogP contribution is -2.58. The average Bonchev–Trinajstić information content (AvgIpc) is 2.14. The molecule has 3 nitrogen and oxygen atoms in total. The van der Waals surface area contributed by atoms with E-state index in [0.29, 0.717) is 0 Å². The van der Waals surface area contributed by atoms with Crippen molar-refractivity contribution in [2.24, 2.45) is 5.41 Å². The summed E-state index contributed by atoms with van der Waals surface area (Å²) in [6.45, 7) is 9.87. The van der Waals surface area contributed by atoms with Gasteiger partial charge in [0.2, 0.25) is 0 Å². The van der Waals surface area contributed by atoms with E-state index in [1.807, 2.05) is 13.8 Å². The summed E-state index contributed by atoms with van der Waals surface area (Å²) in [6, 6.07) is 0. The smallest absolute Gasteiger partial charge is 0.152 e. The zero-order valence-corrected chi connectivity index (χ0v) is 11.2. The highest BCUT2D eigenvalue weighted by molar-refractivity contribution is 5.88. The van der Waals surface area contributed by atoms with Crippen molar-refractivity contribution in [2.45, 2.75) is 52.7 Å². The first-order valence-corrected chi connectivity index (χ1v) is 6.02. The molecule has 0 N–H and O–H groups in total. The summed E-state index contributed by atoms with van der Waals surface area (Å²) in [7, 11) is 0. The Labute approximate surface area is 102 Å². The van der Waals surface area contributed by atoms with Gasteiger partial charge in [-0.2, -0.15) is 0 Å². The summed E-state index contributed by atoms with van der Waals surface area (Å²) in [5, 5.41) is 0. The van der Waals surface area contributed by atoms with Gasteiger partial charge in [0.1, 0.15) is 6.10 Å². The highest BCUT2D eigenvalue weighted by Crippen LogP contribution is 2.54. The first-order valence-electron chi connectivity index (χ1n) is 6.02. The van der Waals surface area contributed by atoms with Crippen LogP contribution in [0, 0.1) is 5.41 Å². The standard InChI is InChI=1S/C14H20O3/c1-9(6-11(3)15)14-10(2)7-12(16-17-14)8-13(14,4)5/h6-7,12H,8H2,1-5H3/b9-6+. The van der Waals surface area contributed by atoms with Crippen molar-refractivity contribution in [3.05, 3.63) is 23.3 Å². The Morgan fingerprint density at radius 1 is 1.47 bits per heavy atom. The van der Waals surface area contributed by atoms with Gasteiger partial charge < -0.3 is 0 Å². The van der Waals surface area contributed by atoms with Gasteiger partial charge in [0.15, 0.2) is 11.4 Å². The van der Waals surface area contributed by atoms with Crippen LogP contribution in [0.15, 0.2) is 23.3 Å². The number of rotatable bonds is 2. The van der Waals surface area contributed by atoms with Crippen molar-refractivity contribution in [3.8, 4) is 0 Å². The maximum absolute atomic E-state index is 11.3. The van der Waals surface area contributed by atoms with Gasteiger partial charge in [-0.3, -0.25) is 4.79 Å². The summed E-state index contributed by atoms with van der Waals surface area (Å²) >= 11 is 0. The minimum Gasteiger partial charge on any atom is -0.295 e. The normalized spacial score (nSPS) is 35.7. The van der Waals surface area contributed by atoms with E-state index in [-0.39, 0.29) is 17.3 Å². The molecule has 0 aromatic rings. The van der Waals surface area contributed by atoms with Gasteiger partial charge >= 0.3 is 0 Å². The van der Waals surface area contributed by atoms with E-state index in [2.05, 4.69) is 19.9 Å². The van der Waals surface area contributed by atoms with Crippen LogP contribution in [0.1, 0.15) is 41.0 Å². The van der Waals surface area contributed by atoms with Crippen molar-refractivity contribution in [3.63, 3.8) is 0 Å². The molecule has 3 aliphatic rings. The fourth-order valence-electron chi connectivity index (χ4n) is 3.33. The van der Waals surface area contributed by atoms with Crippen molar-refractivity contribution in [1.82, 2.24) is 0 Å². The van der Waals surface area contributed by atoms with Gasteiger partial charge in [-0.1, -0.05) is 19.9 Å². The highest BCUT2D eigenvalue weighted by Gasteiger charge is 2.57. The maximum Gasteiger partial charge on any atom is 0.152 e. The molecule has 0 amide bonds. The second kappa shape index (κ2) is 3.79. The number of hydrogen-bond donors (Lipinski definition) is 0. The Bertz CT molecular complexity index is 417. The fraction of sp³-hybridized carbons (Fsp3) is 0.643. The summed E-state index contributed by atoms with van der Waals surface area (Å²) in [5.41, 5.74) is 1.40. The molecule has 0 spiro atoms. The molecule has 2 aliphatic heterocycles. The number of fused-ring (bicyclic) bond motifs is 2. The van der Waals surface area contributed by atoms with E-state index < -0.39 is 5.60 Å². The summed E-state index contributed by atoms with van der Waals surface area (Å²) in [4.78, 5) is 22.3. The topological polar surface area (TPSA) is 35.5 Å². The number of hydrogen-bond acceptors (Lipinski definition) is 3. The lowest BCUT2D eigenvalue weighted by Gasteiger charge is -2.55. The lowest BCUT2D eigenvalue weighted by molar-refractivity contribution is -0.417. The van der Waals surface area contributed by atoms with Crippen molar-refractivity contribution in [1.29, 1.82) is 0 Å². The fourth-order valence-corrected chi connectivity index (χ4v) is 3.33. The summed E-state index contributed by atoms with van der Waals surface area (Å²) < 4.78 is 0. The van der Waals surface area contributed by atoms with E-state index in [1.54, 1.807) is 13.0 Å². The molecule has 94 valence electrons. The van der Waals surface area contributed by atoms with E-state index in [1.165, 1.54) is 0 Å². The van der Waals surface area contributed by atoms with Gasteiger partial charge in [0.05, 0.1) is 0 Å². The molecule has 1 aliphatic carbocycles. The van der Waals surface area contributed by atoms with Crippen molar-refractivity contribution in [2.75, 3.05) is 0 Å². The molecule has 0 aromatic heterocycles. The van der Waals surface area contributed by atoms with Crippen LogP contribution in [0.4, 0.5) is 0 Å². The van der Waals surface area contributed by atoms with Crippen LogP contribution >= 0.6 is 0 Å². The third kappa shape index (κ3) is 1.69. The molecule has 0 saturated carbocycles. The van der Waals surface area contributed by atoms with Gasteiger partial charge in [0, 0.05) is 5.41 Å². The second-order valence-electron chi connectivity index (χ2n) is 5.77. The Morgan fingerprint density at radius 3 is 2.59 bits per heavy atom. The SMILES string of the molecule is CC(=O)/C=C(\C)C12OOC(C=C1C)CC2(C)C. The first-order chi connectivity index (χ1) is 7.79. The van der Waals surface area contributed by atoms with Gasteiger partial charge in [0.25, 0.3) is 0 Å². The third-order valence-corrected chi connectivity index (χ3v) is 3.93. The Balaban J connectivity index is 2.55. The predicted octanol–water partition coefficient (Wildman–Crippen LogP) is 2.97. The van der Waals surface area contributed by atoms with Crippen LogP contribution in [-0.2, 0) is 14.6 Å². The summed E-state index contributed by atoms with van der Waals surface area (Å²) in [5.74, 6) is 0.0387. The lowest BCUT2D eigenvalue weighted by atomic mass is 9.61. The molecular weight excluding hydrogens is 216 g/mol. The van der Waals surface area contributed by atoms with E-state index in [4.69, 9.17) is 9.78 Å².